The first-order chi connectivity index (χ1) is 6.68. The molecule has 3 heteroatoms. The Balaban J connectivity index is 2.33. The summed E-state index contributed by atoms with van der Waals surface area (Å²) in [6.45, 7) is 3.57. The molecule has 0 aromatic heterocycles. The Morgan fingerprint density at radius 3 is 2.86 bits per heavy atom. The van der Waals surface area contributed by atoms with Gasteiger partial charge in [0.25, 0.3) is 0 Å². The number of ether oxygens (including phenoxy) is 1. The first kappa shape index (κ1) is 9.09. The maximum absolute atomic E-state index is 11.1. The zero-order valence-corrected chi connectivity index (χ0v) is 8.26. The number of cyclic esters (lactones) is 1. The molecule has 0 aromatic carbocycles. The zero-order valence-electron chi connectivity index (χ0n) is 7.45. The molecule has 0 fully saturated rings. The third-order valence-corrected chi connectivity index (χ3v) is 2.42. The minimum Gasteiger partial charge on any atom is -0.422 e. The first-order valence-electron chi connectivity index (χ1n) is 4.21. The highest BCUT2D eigenvalue weighted by atomic mass is 32.1. The summed E-state index contributed by atoms with van der Waals surface area (Å²) in [5.41, 5.74) is 1.19. The summed E-state index contributed by atoms with van der Waals surface area (Å²) in [6.07, 6.45) is 8.07. The predicted octanol–water partition coefficient (Wildman–Crippen LogP) is 2.24. The van der Waals surface area contributed by atoms with E-state index in [1.54, 1.807) is 6.08 Å². The summed E-state index contributed by atoms with van der Waals surface area (Å²) in [5, 5.41) is 0. The molecule has 2 rings (SSSR count). The molecule has 0 N–H and O–H groups in total. The molecule has 0 saturated heterocycles. The van der Waals surface area contributed by atoms with Crippen molar-refractivity contribution in [3.63, 3.8) is 0 Å². The number of thiocarbonyl (C=S) groups is 1. The van der Waals surface area contributed by atoms with Gasteiger partial charge < -0.3 is 4.74 Å². The molecular weight excluding hydrogens is 196 g/mol. The molecule has 2 aliphatic rings. The van der Waals surface area contributed by atoms with E-state index < -0.39 is 5.97 Å². The van der Waals surface area contributed by atoms with E-state index in [2.05, 4.69) is 6.58 Å². The van der Waals surface area contributed by atoms with Crippen molar-refractivity contribution < 1.29 is 9.53 Å². The van der Waals surface area contributed by atoms with Crippen molar-refractivity contribution in [1.82, 2.24) is 0 Å². The second-order valence-corrected chi connectivity index (χ2v) is 3.55. The normalized spacial score (nSPS) is 20.7. The van der Waals surface area contributed by atoms with Gasteiger partial charge in [-0.05, 0) is 6.08 Å². The maximum atomic E-state index is 11.1. The Bertz CT molecular complexity index is 425. The topological polar surface area (TPSA) is 26.3 Å². The van der Waals surface area contributed by atoms with E-state index in [0.717, 1.165) is 16.9 Å². The minimum atomic E-state index is -0.391. The molecule has 0 unspecified atom stereocenters. The number of allylic oxidation sites excluding steroid dienone is 4. The van der Waals surface area contributed by atoms with Crippen LogP contribution < -0.4 is 0 Å². The van der Waals surface area contributed by atoms with Crippen LogP contribution in [0.25, 0.3) is 0 Å². The largest absolute Gasteiger partial charge is 0.422 e. The van der Waals surface area contributed by atoms with Crippen LogP contribution in [-0.4, -0.2) is 10.8 Å². The van der Waals surface area contributed by atoms with Crippen molar-refractivity contribution in [3.05, 3.63) is 47.8 Å². The molecule has 0 saturated carbocycles. The number of carbonyl (C=O) groups is 1. The van der Waals surface area contributed by atoms with E-state index in [-0.39, 0.29) is 0 Å². The number of hydrogen-bond acceptors (Lipinski definition) is 3. The Labute approximate surface area is 87.3 Å². The van der Waals surface area contributed by atoms with Gasteiger partial charge in [-0.3, -0.25) is 0 Å². The summed E-state index contributed by atoms with van der Waals surface area (Å²) >= 11 is 5.16. The van der Waals surface area contributed by atoms with Crippen molar-refractivity contribution in [2.24, 2.45) is 0 Å². The molecule has 0 radical (unpaired) electrons. The molecule has 0 atom stereocenters. The number of rotatable bonds is 1. The highest BCUT2D eigenvalue weighted by molar-refractivity contribution is 7.80. The average Bonchev–Trinajstić information content (AvgIpc) is 2.48. The standard InChI is InChI=1S/C11H8O2S/c1-7-6-9(13-11(7)12)8-4-2-3-5-10(8)14/h2-4,6H,1,5H2. The van der Waals surface area contributed by atoms with Crippen LogP contribution in [0.5, 0.6) is 0 Å². The highest BCUT2D eigenvalue weighted by Gasteiger charge is 2.23. The summed E-state index contributed by atoms with van der Waals surface area (Å²) in [4.78, 5) is 11.9. The van der Waals surface area contributed by atoms with Gasteiger partial charge in [0.05, 0.1) is 5.57 Å². The van der Waals surface area contributed by atoms with E-state index in [1.165, 1.54) is 0 Å². The monoisotopic (exact) mass is 204 g/mol. The van der Waals surface area contributed by atoms with Crippen LogP contribution >= 0.6 is 12.2 Å². The lowest BCUT2D eigenvalue weighted by atomic mass is 10.0. The molecule has 0 spiro atoms. The molecule has 14 heavy (non-hydrogen) atoms. The number of hydrogen-bond donors (Lipinski definition) is 0. The number of esters is 1. The van der Waals surface area contributed by atoms with Gasteiger partial charge >= 0.3 is 5.97 Å². The van der Waals surface area contributed by atoms with E-state index >= 15 is 0 Å². The Hall–Kier alpha value is -1.48. The average molecular weight is 204 g/mol. The molecule has 0 amide bonds. The van der Waals surface area contributed by atoms with E-state index in [0.29, 0.717) is 11.3 Å². The molecular formula is C11H8O2S. The minimum absolute atomic E-state index is 0.373. The molecule has 0 bridgehead atoms. The van der Waals surface area contributed by atoms with Crippen molar-refractivity contribution >= 4 is 23.1 Å². The lowest BCUT2D eigenvalue weighted by molar-refractivity contribution is -0.132. The van der Waals surface area contributed by atoms with Gasteiger partial charge in [-0.2, -0.15) is 0 Å². The van der Waals surface area contributed by atoms with Crippen molar-refractivity contribution in [3.8, 4) is 0 Å². The second-order valence-electron chi connectivity index (χ2n) is 3.06. The Morgan fingerprint density at radius 1 is 1.50 bits per heavy atom. The van der Waals surface area contributed by atoms with Gasteiger partial charge in [-0.15, -0.1) is 0 Å². The lowest BCUT2D eigenvalue weighted by Gasteiger charge is -2.09. The third kappa shape index (κ3) is 1.46. The first-order valence-corrected chi connectivity index (χ1v) is 4.62. The van der Waals surface area contributed by atoms with Crippen molar-refractivity contribution in [2.45, 2.75) is 6.42 Å². The van der Waals surface area contributed by atoms with Gasteiger partial charge in [0.2, 0.25) is 0 Å². The van der Waals surface area contributed by atoms with Crippen LogP contribution in [-0.2, 0) is 9.53 Å². The fourth-order valence-corrected chi connectivity index (χ4v) is 1.57. The molecule has 1 aliphatic heterocycles. The van der Waals surface area contributed by atoms with Crippen LogP contribution in [0.15, 0.2) is 47.8 Å². The van der Waals surface area contributed by atoms with Crippen LogP contribution in [0.1, 0.15) is 6.42 Å². The van der Waals surface area contributed by atoms with Crippen LogP contribution in [0.2, 0.25) is 0 Å². The summed E-state index contributed by atoms with van der Waals surface area (Å²) < 4.78 is 5.02. The predicted molar refractivity (Wildman–Crippen MR) is 57.8 cm³/mol. The second kappa shape index (κ2) is 3.35. The van der Waals surface area contributed by atoms with Gasteiger partial charge in [-0.25, -0.2) is 4.79 Å². The Kier molecular flexibility index (Phi) is 2.17. The van der Waals surface area contributed by atoms with E-state index in [9.17, 15) is 4.79 Å². The van der Waals surface area contributed by atoms with Crippen LogP contribution in [0.4, 0.5) is 0 Å². The Morgan fingerprint density at radius 2 is 2.29 bits per heavy atom. The van der Waals surface area contributed by atoms with Gasteiger partial charge in [0, 0.05) is 16.9 Å². The SMILES string of the molecule is C=C1C=C(C2=CC=CCC2=S)OC1=O. The highest BCUT2D eigenvalue weighted by Crippen LogP contribution is 2.26. The molecule has 70 valence electrons. The number of carbonyl (C=O) groups excluding carboxylic acids is 1. The maximum Gasteiger partial charge on any atom is 0.343 e. The molecule has 1 heterocycles. The van der Waals surface area contributed by atoms with E-state index in [4.69, 9.17) is 17.0 Å². The quantitative estimate of drug-likeness (QED) is 0.372. The fourth-order valence-electron chi connectivity index (χ4n) is 1.31. The molecule has 1 aliphatic carbocycles. The summed E-state index contributed by atoms with van der Waals surface area (Å²) in [6, 6.07) is 0. The van der Waals surface area contributed by atoms with Gasteiger partial charge in [0.15, 0.2) is 0 Å². The van der Waals surface area contributed by atoms with Gasteiger partial charge in [-0.1, -0.05) is 37.0 Å². The zero-order chi connectivity index (χ0) is 10.1. The molecule has 2 nitrogen and oxygen atoms in total. The van der Waals surface area contributed by atoms with E-state index in [1.807, 2.05) is 18.2 Å². The smallest absolute Gasteiger partial charge is 0.343 e. The van der Waals surface area contributed by atoms with Gasteiger partial charge in [0.1, 0.15) is 5.76 Å². The molecule has 0 aromatic rings. The third-order valence-electron chi connectivity index (χ3n) is 2.04. The van der Waals surface area contributed by atoms with Crippen molar-refractivity contribution in [2.75, 3.05) is 0 Å². The summed E-state index contributed by atoms with van der Waals surface area (Å²) in [7, 11) is 0. The van der Waals surface area contributed by atoms with Crippen LogP contribution in [0, 0.1) is 0 Å². The summed E-state index contributed by atoms with van der Waals surface area (Å²) in [5.74, 6) is 0.132. The van der Waals surface area contributed by atoms with Crippen molar-refractivity contribution in [1.29, 1.82) is 0 Å². The lowest BCUT2D eigenvalue weighted by Crippen LogP contribution is -2.06. The fraction of sp³-hybridized carbons (Fsp3) is 0.0909. The van der Waals surface area contributed by atoms with Crippen LogP contribution in [0.3, 0.4) is 0 Å².